The summed E-state index contributed by atoms with van der Waals surface area (Å²) >= 11 is 0. The minimum absolute atomic E-state index is 0.227. The number of aromatic amines is 1. The molecule has 172 valence electrons. The van der Waals surface area contributed by atoms with Crippen molar-refractivity contribution in [3.63, 3.8) is 0 Å². The molecule has 2 aromatic carbocycles. The smallest absolute Gasteiger partial charge is 0.163 e. The molecule has 0 radical (unpaired) electrons. The highest BCUT2D eigenvalue weighted by atomic mass is 15.2. The van der Waals surface area contributed by atoms with Gasteiger partial charge < -0.3 is 20.1 Å². The van der Waals surface area contributed by atoms with Crippen LogP contribution in [0.5, 0.6) is 0 Å². The minimum Gasteiger partial charge on any atom is -0.381 e. The van der Waals surface area contributed by atoms with Crippen molar-refractivity contribution < 1.29 is 0 Å². The molecular formula is C27H29N7. The number of aromatic nitrogens is 3. The first-order valence-corrected chi connectivity index (χ1v) is 11.6. The summed E-state index contributed by atoms with van der Waals surface area (Å²) in [5.74, 6) is 0.227. The van der Waals surface area contributed by atoms with Gasteiger partial charge in [0.25, 0.3) is 0 Å². The number of benzene rings is 2. The number of nitrogens with one attached hydrogen (secondary N) is 1. The molecule has 7 nitrogen and oxygen atoms in total. The molecule has 0 saturated heterocycles. The Bertz CT molecular complexity index is 1370. The first kappa shape index (κ1) is 21.7. The third-order valence-corrected chi connectivity index (χ3v) is 6.51. The van der Waals surface area contributed by atoms with Crippen LogP contribution in [0, 0.1) is 11.3 Å². The molecule has 3 N–H and O–H groups in total. The summed E-state index contributed by atoms with van der Waals surface area (Å²) < 4.78 is 2.23. The normalized spacial score (nSPS) is 13.7. The molecule has 4 aromatic rings. The van der Waals surface area contributed by atoms with Gasteiger partial charge in [-0.25, -0.2) is 0 Å². The van der Waals surface area contributed by atoms with Crippen LogP contribution < -0.4 is 5.73 Å². The van der Waals surface area contributed by atoms with Crippen molar-refractivity contribution in [2.75, 3.05) is 18.8 Å². The molecule has 1 aliphatic heterocycles. The Balaban J connectivity index is 1.32. The van der Waals surface area contributed by atoms with E-state index in [1.807, 2.05) is 6.07 Å². The predicted molar refractivity (Wildman–Crippen MR) is 136 cm³/mol. The van der Waals surface area contributed by atoms with Gasteiger partial charge in [-0.3, -0.25) is 5.10 Å². The van der Waals surface area contributed by atoms with Crippen molar-refractivity contribution >= 4 is 16.7 Å². The number of nitrogens with zero attached hydrogens (tertiary/aromatic N) is 5. The van der Waals surface area contributed by atoms with Gasteiger partial charge >= 0.3 is 0 Å². The molecule has 0 unspecified atom stereocenters. The van der Waals surface area contributed by atoms with Gasteiger partial charge in [0.15, 0.2) is 5.82 Å². The fraction of sp³-hybridized carbons (Fsp3) is 0.259. The lowest BCUT2D eigenvalue weighted by Crippen LogP contribution is -2.37. The number of nitriles is 1. The van der Waals surface area contributed by atoms with Gasteiger partial charge in [0, 0.05) is 61.9 Å². The molecule has 0 aliphatic carbocycles. The highest BCUT2D eigenvalue weighted by molar-refractivity contribution is 5.86. The second-order valence-electron chi connectivity index (χ2n) is 9.10. The average molecular weight is 452 g/mol. The zero-order valence-electron chi connectivity index (χ0n) is 19.6. The summed E-state index contributed by atoms with van der Waals surface area (Å²) in [7, 11) is 0. The second kappa shape index (κ2) is 8.99. The second-order valence-corrected chi connectivity index (χ2v) is 9.10. The lowest BCUT2D eigenvalue weighted by atomic mass is 10.1. The van der Waals surface area contributed by atoms with Gasteiger partial charge in [-0.1, -0.05) is 36.4 Å². The first-order chi connectivity index (χ1) is 16.5. The molecule has 0 bridgehead atoms. The summed E-state index contributed by atoms with van der Waals surface area (Å²) in [5, 5.41) is 17.5. The highest BCUT2D eigenvalue weighted by Crippen LogP contribution is 2.28. The fourth-order valence-corrected chi connectivity index (χ4v) is 4.47. The number of hydrogen-bond acceptors (Lipinski definition) is 5. The zero-order valence-corrected chi connectivity index (χ0v) is 19.6. The van der Waals surface area contributed by atoms with Gasteiger partial charge in [-0.2, -0.15) is 10.4 Å². The van der Waals surface area contributed by atoms with Gasteiger partial charge in [0.1, 0.15) is 11.6 Å². The third-order valence-electron chi connectivity index (χ3n) is 6.51. The lowest BCUT2D eigenvalue weighted by Gasteiger charge is -2.33. The van der Waals surface area contributed by atoms with E-state index in [9.17, 15) is 5.26 Å². The number of hydrogen-bond donors (Lipinski definition) is 2. The highest BCUT2D eigenvalue weighted by Gasteiger charge is 2.14. The number of fused-ring (bicyclic) bond motifs is 1. The van der Waals surface area contributed by atoms with E-state index in [1.54, 1.807) is 0 Å². The van der Waals surface area contributed by atoms with Gasteiger partial charge in [0.2, 0.25) is 0 Å². The van der Waals surface area contributed by atoms with Crippen molar-refractivity contribution in [2.24, 2.45) is 0 Å². The van der Waals surface area contributed by atoms with Gasteiger partial charge in [0.05, 0.1) is 5.69 Å². The Morgan fingerprint density at radius 3 is 2.47 bits per heavy atom. The van der Waals surface area contributed by atoms with Crippen LogP contribution in [-0.2, 0) is 13.1 Å². The molecule has 2 aromatic heterocycles. The fourth-order valence-electron chi connectivity index (χ4n) is 4.47. The number of anilines is 1. The van der Waals surface area contributed by atoms with E-state index in [4.69, 9.17) is 5.73 Å². The van der Waals surface area contributed by atoms with Crippen LogP contribution in [0.15, 0.2) is 67.1 Å². The summed E-state index contributed by atoms with van der Waals surface area (Å²) in [6.07, 6.45) is 6.50. The number of H-pyrrole nitrogens is 1. The Kier molecular flexibility index (Phi) is 5.72. The third kappa shape index (κ3) is 4.23. The minimum atomic E-state index is 0.227. The molecule has 34 heavy (non-hydrogen) atoms. The standard InChI is InChI=1S/C27H29N7/c1-19(2)33-13-11-32(12-14-33)17-20-3-5-21(6-4-20)18-34-10-9-22-7-8-23(15-25(22)34)26-24(16-28)27(29)31-30-26/h3-11,13,15,19H,12,14,17-18H2,1-2H3,(H3,29,30,31). The summed E-state index contributed by atoms with van der Waals surface area (Å²) in [6, 6.07) is 19.8. The van der Waals surface area contributed by atoms with Crippen LogP contribution in [-0.4, -0.2) is 43.7 Å². The summed E-state index contributed by atoms with van der Waals surface area (Å²) in [5.41, 5.74) is 11.4. The van der Waals surface area contributed by atoms with Crippen molar-refractivity contribution in [3.05, 3.63) is 83.8 Å². The van der Waals surface area contributed by atoms with Crippen LogP contribution in [0.25, 0.3) is 22.2 Å². The molecular weight excluding hydrogens is 422 g/mol. The van der Waals surface area contributed by atoms with Crippen molar-refractivity contribution in [3.8, 4) is 17.3 Å². The SMILES string of the molecule is CC(C)N1C=CN(Cc2ccc(Cn3ccc4ccc(-c5[nH]nc(N)c5C#N)cc43)cc2)CC1. The summed E-state index contributed by atoms with van der Waals surface area (Å²) in [6.45, 7) is 8.26. The van der Waals surface area contributed by atoms with Crippen LogP contribution in [0.2, 0.25) is 0 Å². The van der Waals surface area contributed by atoms with Crippen LogP contribution in [0.4, 0.5) is 5.82 Å². The number of nitrogens with two attached hydrogens (primary N) is 1. The molecule has 3 heterocycles. The van der Waals surface area contributed by atoms with Crippen LogP contribution in [0.1, 0.15) is 30.5 Å². The zero-order chi connectivity index (χ0) is 23.7. The first-order valence-electron chi connectivity index (χ1n) is 11.6. The molecule has 7 heteroatoms. The maximum atomic E-state index is 9.43. The van der Waals surface area contributed by atoms with Crippen molar-refractivity contribution in [2.45, 2.75) is 33.0 Å². The van der Waals surface area contributed by atoms with Crippen molar-refractivity contribution in [1.82, 2.24) is 24.6 Å². The predicted octanol–water partition coefficient (Wildman–Crippen LogP) is 4.53. The molecule has 0 spiro atoms. The number of rotatable bonds is 6. The Labute approximate surface area is 199 Å². The van der Waals surface area contributed by atoms with E-state index in [0.717, 1.165) is 42.6 Å². The van der Waals surface area contributed by atoms with Crippen molar-refractivity contribution in [1.29, 1.82) is 5.26 Å². The summed E-state index contributed by atoms with van der Waals surface area (Å²) in [4.78, 5) is 4.74. The Morgan fingerprint density at radius 2 is 1.79 bits per heavy atom. The van der Waals surface area contributed by atoms with Crippen LogP contribution >= 0.6 is 0 Å². The van der Waals surface area contributed by atoms with E-state index in [-0.39, 0.29) is 5.82 Å². The lowest BCUT2D eigenvalue weighted by molar-refractivity contribution is 0.226. The van der Waals surface area contributed by atoms with E-state index in [0.29, 0.717) is 17.3 Å². The molecule has 0 amide bonds. The molecule has 0 saturated carbocycles. The Hall–Kier alpha value is -4.18. The molecule has 0 fully saturated rings. The van der Waals surface area contributed by atoms with E-state index >= 15 is 0 Å². The van der Waals surface area contributed by atoms with Crippen LogP contribution in [0.3, 0.4) is 0 Å². The Morgan fingerprint density at radius 1 is 1.03 bits per heavy atom. The maximum absolute atomic E-state index is 9.43. The molecule has 5 rings (SSSR count). The van der Waals surface area contributed by atoms with E-state index in [1.165, 1.54) is 11.1 Å². The maximum Gasteiger partial charge on any atom is 0.163 e. The number of nitrogen functional groups attached to an aromatic ring is 1. The quantitative estimate of drug-likeness (QED) is 0.449. The monoisotopic (exact) mass is 451 g/mol. The van der Waals surface area contributed by atoms with Gasteiger partial charge in [-0.15, -0.1) is 0 Å². The largest absolute Gasteiger partial charge is 0.381 e. The molecule has 1 aliphatic rings. The molecule has 0 atom stereocenters. The van der Waals surface area contributed by atoms with E-state index in [2.05, 4.69) is 106 Å². The average Bonchev–Trinajstić information content (AvgIpc) is 3.43. The van der Waals surface area contributed by atoms with Gasteiger partial charge in [-0.05, 0) is 42.5 Å². The topological polar surface area (TPSA) is 89.9 Å². The van der Waals surface area contributed by atoms with E-state index < -0.39 is 0 Å².